The third kappa shape index (κ3) is 5.49. The van der Waals surface area contributed by atoms with Gasteiger partial charge in [0.25, 0.3) is 0 Å². The van der Waals surface area contributed by atoms with E-state index in [1.165, 1.54) is 14.2 Å². The summed E-state index contributed by atoms with van der Waals surface area (Å²) in [6.07, 6.45) is 0. The van der Waals surface area contributed by atoms with Gasteiger partial charge in [0, 0.05) is 6.07 Å². The SMILES string of the molecule is COc1ccc(C(=O)COC(=O)COc2cc(C)ccc2C(C)C)c(OC)c1. The molecule has 0 atom stereocenters. The molecule has 0 aliphatic heterocycles. The Bertz CT molecular complexity index is 841. The molecule has 0 heterocycles. The summed E-state index contributed by atoms with van der Waals surface area (Å²) in [5, 5.41) is 0. The van der Waals surface area contributed by atoms with Crippen molar-refractivity contribution in [2.45, 2.75) is 26.7 Å². The maximum absolute atomic E-state index is 12.4. The van der Waals surface area contributed by atoms with E-state index < -0.39 is 12.6 Å². The molecular formula is C22H26O6. The molecule has 150 valence electrons. The molecule has 0 saturated heterocycles. The van der Waals surface area contributed by atoms with Crippen LogP contribution in [0.1, 0.15) is 41.3 Å². The third-order valence-electron chi connectivity index (χ3n) is 4.21. The van der Waals surface area contributed by atoms with E-state index in [2.05, 4.69) is 13.8 Å². The second-order valence-electron chi connectivity index (χ2n) is 6.63. The van der Waals surface area contributed by atoms with Gasteiger partial charge in [-0.25, -0.2) is 4.79 Å². The Kier molecular flexibility index (Phi) is 7.44. The van der Waals surface area contributed by atoms with E-state index in [0.29, 0.717) is 22.8 Å². The molecule has 0 unspecified atom stereocenters. The van der Waals surface area contributed by atoms with Crippen LogP contribution in [0.5, 0.6) is 17.2 Å². The summed E-state index contributed by atoms with van der Waals surface area (Å²) in [5.41, 5.74) is 2.37. The molecule has 2 aromatic rings. The lowest BCUT2D eigenvalue weighted by molar-refractivity contribution is -0.144. The molecule has 0 aliphatic carbocycles. The highest BCUT2D eigenvalue weighted by atomic mass is 16.6. The van der Waals surface area contributed by atoms with Gasteiger partial charge in [0.05, 0.1) is 19.8 Å². The zero-order chi connectivity index (χ0) is 20.7. The van der Waals surface area contributed by atoms with Gasteiger partial charge in [-0.05, 0) is 42.2 Å². The molecule has 0 amide bonds. The third-order valence-corrected chi connectivity index (χ3v) is 4.21. The van der Waals surface area contributed by atoms with Crippen molar-refractivity contribution in [2.24, 2.45) is 0 Å². The molecule has 0 fully saturated rings. The highest BCUT2D eigenvalue weighted by molar-refractivity contribution is 6.00. The molecule has 6 heteroatoms. The molecule has 2 aromatic carbocycles. The summed E-state index contributed by atoms with van der Waals surface area (Å²) in [7, 11) is 2.98. The second kappa shape index (κ2) is 9.78. The average molecular weight is 386 g/mol. The van der Waals surface area contributed by atoms with Crippen LogP contribution in [-0.4, -0.2) is 39.2 Å². The standard InChI is InChI=1S/C22H26O6/c1-14(2)17-8-6-15(3)10-21(17)27-13-22(24)28-12-19(23)18-9-7-16(25-4)11-20(18)26-5/h6-11,14H,12-13H2,1-5H3. The van der Waals surface area contributed by atoms with Gasteiger partial charge in [-0.15, -0.1) is 0 Å². The largest absolute Gasteiger partial charge is 0.497 e. The fraction of sp³-hybridized carbons (Fsp3) is 0.364. The minimum Gasteiger partial charge on any atom is -0.497 e. The lowest BCUT2D eigenvalue weighted by Crippen LogP contribution is -2.20. The molecule has 0 spiro atoms. The first-order chi connectivity index (χ1) is 13.3. The van der Waals surface area contributed by atoms with Crippen molar-refractivity contribution in [3.8, 4) is 17.2 Å². The van der Waals surface area contributed by atoms with Gasteiger partial charge in [-0.1, -0.05) is 26.0 Å². The first-order valence-electron chi connectivity index (χ1n) is 9.00. The van der Waals surface area contributed by atoms with Gasteiger partial charge < -0.3 is 18.9 Å². The van der Waals surface area contributed by atoms with Crippen LogP contribution in [0.25, 0.3) is 0 Å². The predicted molar refractivity (Wildman–Crippen MR) is 106 cm³/mol. The van der Waals surface area contributed by atoms with E-state index in [4.69, 9.17) is 18.9 Å². The maximum atomic E-state index is 12.4. The lowest BCUT2D eigenvalue weighted by atomic mass is 10.0. The Labute approximate surface area is 165 Å². The van der Waals surface area contributed by atoms with Crippen LogP contribution in [0.4, 0.5) is 0 Å². The van der Waals surface area contributed by atoms with Gasteiger partial charge in [0.1, 0.15) is 17.2 Å². The number of hydrogen-bond acceptors (Lipinski definition) is 6. The summed E-state index contributed by atoms with van der Waals surface area (Å²) < 4.78 is 21.0. The predicted octanol–water partition coefficient (Wildman–Crippen LogP) is 3.94. The normalized spacial score (nSPS) is 10.5. The van der Waals surface area contributed by atoms with E-state index in [9.17, 15) is 9.59 Å². The monoisotopic (exact) mass is 386 g/mol. The molecule has 2 rings (SSSR count). The molecule has 6 nitrogen and oxygen atoms in total. The van der Waals surface area contributed by atoms with Gasteiger partial charge >= 0.3 is 5.97 Å². The van der Waals surface area contributed by atoms with Crippen LogP contribution < -0.4 is 14.2 Å². The van der Waals surface area contributed by atoms with Crippen LogP contribution in [-0.2, 0) is 9.53 Å². The summed E-state index contributed by atoms with van der Waals surface area (Å²) >= 11 is 0. The first-order valence-corrected chi connectivity index (χ1v) is 9.00. The Morgan fingerprint density at radius 2 is 1.68 bits per heavy atom. The number of Topliss-reactive ketones (excluding diaryl/α,β-unsaturated/α-hetero) is 1. The Morgan fingerprint density at radius 3 is 2.32 bits per heavy atom. The number of ketones is 1. The van der Waals surface area contributed by atoms with Crippen LogP contribution in [0.15, 0.2) is 36.4 Å². The number of ether oxygens (including phenoxy) is 4. The maximum Gasteiger partial charge on any atom is 0.344 e. The van der Waals surface area contributed by atoms with Crippen molar-refractivity contribution >= 4 is 11.8 Å². The number of esters is 1. The zero-order valence-corrected chi connectivity index (χ0v) is 16.9. The summed E-state index contributed by atoms with van der Waals surface area (Å²) in [6, 6.07) is 10.7. The molecule has 28 heavy (non-hydrogen) atoms. The molecule has 0 N–H and O–H groups in total. The quantitative estimate of drug-likeness (QED) is 0.480. The summed E-state index contributed by atoms with van der Waals surface area (Å²) in [6.45, 7) is 5.40. The average Bonchev–Trinajstić information content (AvgIpc) is 2.69. The van der Waals surface area contributed by atoms with Crippen molar-refractivity contribution < 1.29 is 28.5 Å². The highest BCUT2D eigenvalue weighted by Gasteiger charge is 2.16. The zero-order valence-electron chi connectivity index (χ0n) is 16.9. The van der Waals surface area contributed by atoms with Crippen molar-refractivity contribution in [1.29, 1.82) is 0 Å². The number of rotatable bonds is 9. The lowest BCUT2D eigenvalue weighted by Gasteiger charge is -2.14. The van der Waals surface area contributed by atoms with Crippen molar-refractivity contribution in [3.63, 3.8) is 0 Å². The minimum atomic E-state index is -0.614. The van der Waals surface area contributed by atoms with Gasteiger partial charge in [-0.2, -0.15) is 0 Å². The molecular weight excluding hydrogens is 360 g/mol. The number of carbonyl (C=O) groups excluding carboxylic acids is 2. The van der Waals surface area contributed by atoms with Gasteiger partial charge in [0.2, 0.25) is 5.78 Å². The van der Waals surface area contributed by atoms with Crippen LogP contribution in [0.2, 0.25) is 0 Å². The van der Waals surface area contributed by atoms with Crippen molar-refractivity contribution in [3.05, 3.63) is 53.1 Å². The van der Waals surface area contributed by atoms with E-state index in [0.717, 1.165) is 11.1 Å². The number of hydrogen-bond donors (Lipinski definition) is 0. The van der Waals surface area contributed by atoms with Crippen LogP contribution in [0.3, 0.4) is 0 Å². The highest BCUT2D eigenvalue weighted by Crippen LogP contribution is 2.27. The fourth-order valence-electron chi connectivity index (χ4n) is 2.67. The van der Waals surface area contributed by atoms with E-state index in [1.54, 1.807) is 18.2 Å². The van der Waals surface area contributed by atoms with E-state index in [-0.39, 0.29) is 18.3 Å². The molecule has 0 radical (unpaired) electrons. The number of benzene rings is 2. The Hall–Kier alpha value is -3.02. The van der Waals surface area contributed by atoms with Crippen LogP contribution in [0, 0.1) is 6.92 Å². The number of aryl methyl sites for hydroxylation is 1. The molecule has 0 saturated carbocycles. The molecule has 0 aliphatic rings. The van der Waals surface area contributed by atoms with Gasteiger partial charge in [-0.3, -0.25) is 4.79 Å². The summed E-state index contributed by atoms with van der Waals surface area (Å²) in [5.74, 6) is 0.852. The van der Waals surface area contributed by atoms with Crippen LogP contribution >= 0.6 is 0 Å². The summed E-state index contributed by atoms with van der Waals surface area (Å²) in [4.78, 5) is 24.4. The number of methoxy groups -OCH3 is 2. The second-order valence-corrected chi connectivity index (χ2v) is 6.63. The minimum absolute atomic E-state index is 0.260. The van der Waals surface area contributed by atoms with E-state index >= 15 is 0 Å². The Balaban J connectivity index is 1.95. The van der Waals surface area contributed by atoms with Crippen molar-refractivity contribution in [1.82, 2.24) is 0 Å². The van der Waals surface area contributed by atoms with Gasteiger partial charge in [0.15, 0.2) is 13.2 Å². The first kappa shape index (κ1) is 21.3. The topological polar surface area (TPSA) is 71.1 Å². The molecule has 0 bridgehead atoms. The number of carbonyl (C=O) groups is 2. The molecule has 0 aromatic heterocycles. The Morgan fingerprint density at radius 1 is 0.929 bits per heavy atom. The fourth-order valence-corrected chi connectivity index (χ4v) is 2.67. The van der Waals surface area contributed by atoms with E-state index in [1.807, 2.05) is 25.1 Å². The smallest absolute Gasteiger partial charge is 0.344 e. The van der Waals surface area contributed by atoms with Crippen molar-refractivity contribution in [2.75, 3.05) is 27.4 Å².